The molecule has 0 radical (unpaired) electrons. The standard InChI is InChI=1S/C39H30N4O.Pt/c1-26-21-27(2)39(28(3)22-26)42-25-41(35-15-6-7-16-36(35)42)29-11-10-12-30(23-29)44-31-18-19-33-32-13-4-5-14-34(32)43(37(33)24-31)38-17-8-9-20-40-38;/h4-24H,1-3H3;/i8D;. The number of aromatic nitrogens is 4. The van der Waals surface area contributed by atoms with Crippen LogP contribution in [0.5, 0.6) is 11.5 Å². The van der Waals surface area contributed by atoms with Crippen molar-refractivity contribution in [2.75, 3.05) is 0 Å². The van der Waals surface area contributed by atoms with Gasteiger partial charge in [0.15, 0.2) is 0 Å². The Morgan fingerprint density at radius 3 is 2.09 bits per heavy atom. The van der Waals surface area contributed by atoms with E-state index in [0.717, 1.165) is 53.8 Å². The van der Waals surface area contributed by atoms with E-state index in [1.807, 2.05) is 30.3 Å². The molecule has 3 heterocycles. The van der Waals surface area contributed by atoms with Crippen molar-refractivity contribution in [2.45, 2.75) is 20.8 Å². The molecule has 0 amide bonds. The Morgan fingerprint density at radius 2 is 1.31 bits per heavy atom. The predicted molar refractivity (Wildman–Crippen MR) is 179 cm³/mol. The van der Waals surface area contributed by atoms with E-state index < -0.39 is 0 Å². The van der Waals surface area contributed by atoms with E-state index in [0.29, 0.717) is 11.9 Å². The number of nitrogens with zero attached hydrogens (tertiary/aromatic N) is 4. The summed E-state index contributed by atoms with van der Waals surface area (Å²) in [6.07, 6.45) is 1.68. The van der Waals surface area contributed by atoms with Crippen LogP contribution in [0.15, 0.2) is 128 Å². The molecule has 8 aromatic rings. The quantitative estimate of drug-likeness (QED) is 0.175. The van der Waals surface area contributed by atoms with Crippen LogP contribution in [-0.2, 0) is 19.4 Å². The molecule has 0 saturated heterocycles. The molecule has 0 bridgehead atoms. The van der Waals surface area contributed by atoms with Crippen molar-refractivity contribution in [3.63, 3.8) is 0 Å². The third-order valence-corrected chi connectivity index (χ3v) is 9.36. The number of ether oxygens (including phenoxy) is 1. The van der Waals surface area contributed by atoms with Gasteiger partial charge in [-0.25, -0.2) is 0 Å². The topological polar surface area (TPSA) is 36.9 Å². The molecular weight excluding hydrogens is 736 g/mol. The second-order valence-electron chi connectivity index (χ2n) is 11.4. The van der Waals surface area contributed by atoms with Crippen molar-refractivity contribution >= 4 is 32.8 Å². The van der Waals surface area contributed by atoms with Crippen LogP contribution in [0, 0.1) is 24.6 Å². The summed E-state index contributed by atoms with van der Waals surface area (Å²) >= 11 is 2.45. The van der Waals surface area contributed by atoms with Gasteiger partial charge in [0.25, 0.3) is 0 Å². The summed E-state index contributed by atoms with van der Waals surface area (Å²) in [7, 11) is 0. The first-order valence-electron chi connectivity index (χ1n) is 15.4. The fourth-order valence-electron chi connectivity index (χ4n) is 6.62. The first-order valence-corrected chi connectivity index (χ1v) is 16.0. The number of hydrogen-bond donors (Lipinski definition) is 0. The molecule has 0 aliphatic carbocycles. The van der Waals surface area contributed by atoms with Crippen LogP contribution in [0.2, 0.25) is 0 Å². The molecular formula is C39H30N4OPt. The third kappa shape index (κ3) is 4.58. The molecule has 222 valence electrons. The van der Waals surface area contributed by atoms with Gasteiger partial charge >= 0.3 is 243 Å². The van der Waals surface area contributed by atoms with Crippen molar-refractivity contribution in [3.05, 3.63) is 148 Å². The molecule has 0 N–H and O–H groups in total. The van der Waals surface area contributed by atoms with Gasteiger partial charge in [-0.05, 0) is 6.07 Å². The van der Waals surface area contributed by atoms with Crippen LogP contribution in [0.3, 0.4) is 0 Å². The van der Waals surface area contributed by atoms with E-state index >= 15 is 0 Å². The molecule has 0 saturated carbocycles. The van der Waals surface area contributed by atoms with Gasteiger partial charge in [0, 0.05) is 6.20 Å². The van der Waals surface area contributed by atoms with E-state index in [1.54, 1.807) is 18.3 Å². The van der Waals surface area contributed by atoms with Gasteiger partial charge in [0.05, 0.1) is 1.37 Å². The second-order valence-corrected chi connectivity index (χ2v) is 12.4. The van der Waals surface area contributed by atoms with E-state index in [4.69, 9.17) is 6.11 Å². The van der Waals surface area contributed by atoms with Gasteiger partial charge in [0.2, 0.25) is 0 Å². The zero-order valence-corrected chi connectivity index (χ0v) is 27.3. The Kier molecular flexibility index (Phi) is 6.38. The van der Waals surface area contributed by atoms with Crippen LogP contribution in [-0.4, -0.2) is 18.7 Å². The Morgan fingerprint density at radius 1 is 0.622 bits per heavy atom. The summed E-state index contributed by atoms with van der Waals surface area (Å²) < 4.78 is 22.6. The van der Waals surface area contributed by atoms with E-state index in [2.05, 4.69) is 132 Å². The average Bonchev–Trinajstić information content (AvgIpc) is 3.52. The summed E-state index contributed by atoms with van der Waals surface area (Å²) in [5.74, 6) is 2.18. The Bertz CT molecular complexity index is 2520. The maximum atomic E-state index is 8.20. The van der Waals surface area contributed by atoms with Crippen molar-refractivity contribution < 1.29 is 25.5 Å². The second kappa shape index (κ2) is 10.9. The van der Waals surface area contributed by atoms with Crippen LogP contribution < -0.4 is 4.74 Å². The molecule has 45 heavy (non-hydrogen) atoms. The Hall–Kier alpha value is -4.99. The van der Waals surface area contributed by atoms with Crippen LogP contribution in [0.25, 0.3) is 50.0 Å². The Labute approximate surface area is 273 Å². The van der Waals surface area contributed by atoms with Gasteiger partial charge in [-0.1, -0.05) is 18.2 Å². The first kappa shape index (κ1) is 26.4. The van der Waals surface area contributed by atoms with Crippen LogP contribution in [0.1, 0.15) is 18.1 Å². The van der Waals surface area contributed by atoms with Gasteiger partial charge in [-0.15, -0.1) is 0 Å². The van der Waals surface area contributed by atoms with Crippen molar-refractivity contribution in [1.29, 1.82) is 0 Å². The molecule has 0 spiro atoms. The number of hydrogen-bond acceptors (Lipinski definition) is 2. The molecule has 5 aromatic carbocycles. The van der Waals surface area contributed by atoms with Crippen molar-refractivity contribution in [1.82, 2.24) is 18.7 Å². The summed E-state index contributed by atoms with van der Waals surface area (Å²) in [5, 5.41) is 2.23. The minimum absolute atomic E-state index is 0.418. The van der Waals surface area contributed by atoms with Gasteiger partial charge in [-0.3, -0.25) is 0 Å². The zero-order valence-electron chi connectivity index (χ0n) is 26.1. The zero-order chi connectivity index (χ0) is 31.5. The molecule has 0 aliphatic heterocycles. The van der Waals surface area contributed by atoms with Crippen LogP contribution >= 0.6 is 0 Å². The number of benzene rings is 5. The number of pyridine rings is 1. The summed E-state index contributed by atoms with van der Waals surface area (Å²) in [6.45, 7) is 6.53. The number of para-hydroxylation sites is 3. The monoisotopic (exact) mass is 766 g/mol. The molecule has 0 aliphatic rings. The van der Waals surface area contributed by atoms with Crippen molar-refractivity contribution in [2.24, 2.45) is 0 Å². The number of fused-ring (bicyclic) bond motifs is 4. The molecule has 0 fully saturated rings. The van der Waals surface area contributed by atoms with Gasteiger partial charge in [-0.2, -0.15) is 0 Å². The third-order valence-electron chi connectivity index (χ3n) is 8.34. The fourth-order valence-corrected chi connectivity index (χ4v) is 7.71. The summed E-state index contributed by atoms with van der Waals surface area (Å²) in [5.41, 5.74) is 10.3. The predicted octanol–water partition coefficient (Wildman–Crippen LogP) is 9.71. The molecule has 0 atom stereocenters. The van der Waals surface area contributed by atoms with Crippen LogP contribution in [0.4, 0.5) is 0 Å². The van der Waals surface area contributed by atoms with E-state index in [1.165, 1.54) is 22.4 Å². The molecule has 6 heteroatoms. The van der Waals surface area contributed by atoms with Gasteiger partial charge < -0.3 is 0 Å². The van der Waals surface area contributed by atoms with Gasteiger partial charge in [0.1, 0.15) is 0 Å². The maximum absolute atomic E-state index is 8.20. The molecule has 3 aromatic heterocycles. The summed E-state index contributed by atoms with van der Waals surface area (Å²) in [6, 6.07) is 39.7. The minimum atomic E-state index is 0.418. The number of rotatable bonds is 5. The van der Waals surface area contributed by atoms with E-state index in [9.17, 15) is 0 Å². The molecule has 0 unspecified atom stereocenters. The normalized spacial score (nSPS) is 11.9. The van der Waals surface area contributed by atoms with Crippen molar-refractivity contribution in [3.8, 4) is 28.7 Å². The fraction of sp³-hybridized carbons (Fsp3) is 0.0769. The Balaban J connectivity index is 1.24. The first-order chi connectivity index (χ1) is 22.4. The number of imidazole rings is 1. The SMILES string of the molecule is [2H]c1ccnc(-n2c3ccccc3c3ccc(Oc4cccc(-n5[c](=[Pt])n(-c6c(C)cc(C)cc6C)c6ccccc65)c4)cc32)c1. The summed E-state index contributed by atoms with van der Waals surface area (Å²) in [4.78, 5) is 4.61. The van der Waals surface area contributed by atoms with E-state index in [-0.39, 0.29) is 0 Å². The molecule has 8 rings (SSSR count). The molecule has 5 nitrogen and oxygen atoms in total. The number of aryl methyl sites for hydroxylation is 3. The average molecular weight is 767 g/mol.